The molecule has 122 valence electrons. The van der Waals surface area contributed by atoms with E-state index in [1.807, 2.05) is 6.07 Å². The van der Waals surface area contributed by atoms with Crippen LogP contribution in [0.4, 0.5) is 0 Å². The molecular weight excluding hydrogens is 302 g/mol. The third-order valence-electron chi connectivity index (χ3n) is 4.16. The Bertz CT molecular complexity index is 533. The number of hydrogen-bond acceptors (Lipinski definition) is 5. The van der Waals surface area contributed by atoms with E-state index in [9.17, 15) is 4.79 Å². The number of carbonyl (C=O) groups is 1. The van der Waals surface area contributed by atoms with Gasteiger partial charge < -0.3 is 14.2 Å². The van der Waals surface area contributed by atoms with Gasteiger partial charge in [0.2, 0.25) is 0 Å². The fourth-order valence-corrected chi connectivity index (χ4v) is 2.72. The van der Waals surface area contributed by atoms with Crippen LogP contribution < -0.4 is 4.74 Å². The Morgan fingerprint density at radius 2 is 2.14 bits per heavy atom. The first-order valence-corrected chi connectivity index (χ1v) is 7.33. The lowest BCUT2D eigenvalue weighted by atomic mass is 10.1. The van der Waals surface area contributed by atoms with Crippen molar-refractivity contribution in [2.24, 2.45) is 5.92 Å². The molecule has 0 aromatic heterocycles. The minimum Gasteiger partial charge on any atom is -0.492 e. The molecule has 2 aliphatic heterocycles. The van der Waals surface area contributed by atoms with E-state index in [4.69, 9.17) is 14.2 Å². The van der Waals surface area contributed by atoms with Crippen molar-refractivity contribution < 1.29 is 19.0 Å². The Morgan fingerprint density at radius 1 is 1.36 bits per heavy atom. The van der Waals surface area contributed by atoms with Gasteiger partial charge in [0, 0.05) is 30.6 Å². The van der Waals surface area contributed by atoms with Crippen LogP contribution in [-0.2, 0) is 16.0 Å². The van der Waals surface area contributed by atoms with E-state index >= 15 is 0 Å². The maximum atomic E-state index is 11.6. The lowest BCUT2D eigenvalue weighted by Crippen LogP contribution is -2.43. The van der Waals surface area contributed by atoms with Gasteiger partial charge in [-0.2, -0.15) is 13.5 Å². The second-order valence-electron chi connectivity index (χ2n) is 5.81. The minimum absolute atomic E-state index is 0. The molecule has 3 rings (SSSR count). The fourth-order valence-electron chi connectivity index (χ4n) is 2.72. The summed E-state index contributed by atoms with van der Waals surface area (Å²) >= 11 is 0. The predicted octanol–water partition coefficient (Wildman–Crippen LogP) is 1.82. The van der Waals surface area contributed by atoms with E-state index in [0.717, 1.165) is 37.6 Å². The summed E-state index contributed by atoms with van der Waals surface area (Å²) in [5, 5.41) is 0. The molecule has 0 unspecified atom stereocenters. The highest BCUT2D eigenvalue weighted by Crippen LogP contribution is 2.28. The summed E-state index contributed by atoms with van der Waals surface area (Å²) in [5.74, 6) is 1.09. The van der Waals surface area contributed by atoms with Gasteiger partial charge in [-0.25, -0.2) is 4.79 Å². The average Bonchev–Trinajstić information content (AvgIpc) is 2.61. The summed E-state index contributed by atoms with van der Waals surface area (Å²) in [6, 6.07) is 5.89. The topological polar surface area (TPSA) is 48.0 Å². The summed E-state index contributed by atoms with van der Waals surface area (Å²) in [6.45, 7) is 6.39. The average molecular weight is 325 g/mol. The molecule has 22 heavy (non-hydrogen) atoms. The van der Waals surface area contributed by atoms with Gasteiger partial charge >= 0.3 is 5.97 Å². The number of carbonyl (C=O) groups excluding carboxylic acids is 1. The van der Waals surface area contributed by atoms with Crippen molar-refractivity contribution in [2.75, 3.05) is 33.5 Å². The van der Waals surface area contributed by atoms with Crippen LogP contribution in [0.1, 0.15) is 22.8 Å². The maximum absolute atomic E-state index is 11.6. The van der Waals surface area contributed by atoms with Crippen LogP contribution in [0.15, 0.2) is 18.2 Å². The molecule has 5 nitrogen and oxygen atoms in total. The van der Waals surface area contributed by atoms with Crippen molar-refractivity contribution in [2.45, 2.75) is 19.5 Å². The number of ether oxygens (including phenoxy) is 3. The second kappa shape index (κ2) is 7.35. The summed E-state index contributed by atoms with van der Waals surface area (Å²) in [7, 11) is 1.39. The first-order chi connectivity index (χ1) is 10.2. The lowest BCUT2D eigenvalue weighted by molar-refractivity contribution is -0.0529. The van der Waals surface area contributed by atoms with Crippen molar-refractivity contribution >= 4 is 19.5 Å². The predicted molar refractivity (Wildman–Crippen MR) is 87.8 cm³/mol. The normalized spacial score (nSPS) is 21.6. The summed E-state index contributed by atoms with van der Waals surface area (Å²) in [5.41, 5.74) is 1.65. The van der Waals surface area contributed by atoms with Crippen LogP contribution in [0.5, 0.6) is 5.75 Å². The van der Waals surface area contributed by atoms with E-state index in [1.165, 1.54) is 7.11 Å². The van der Waals surface area contributed by atoms with Crippen LogP contribution >= 0.6 is 13.5 Å². The molecule has 0 N–H and O–H groups in total. The molecule has 0 amide bonds. The minimum atomic E-state index is -0.331. The second-order valence-corrected chi connectivity index (χ2v) is 5.81. The zero-order chi connectivity index (χ0) is 14.8. The van der Waals surface area contributed by atoms with Crippen LogP contribution in [0, 0.1) is 5.92 Å². The van der Waals surface area contributed by atoms with Crippen molar-refractivity contribution in [3.8, 4) is 5.75 Å². The van der Waals surface area contributed by atoms with Gasteiger partial charge in [-0.3, -0.25) is 4.90 Å². The molecule has 2 aliphatic rings. The Labute approximate surface area is 138 Å². The first-order valence-electron chi connectivity index (χ1n) is 7.33. The zero-order valence-electron chi connectivity index (χ0n) is 13.0. The zero-order valence-corrected chi connectivity index (χ0v) is 14.0. The van der Waals surface area contributed by atoms with Crippen molar-refractivity contribution in [1.82, 2.24) is 4.90 Å². The van der Waals surface area contributed by atoms with Crippen LogP contribution in [0.2, 0.25) is 0 Å². The van der Waals surface area contributed by atoms with Gasteiger partial charge in [0.25, 0.3) is 0 Å². The molecule has 0 spiro atoms. The highest BCUT2D eigenvalue weighted by atomic mass is 32.1. The van der Waals surface area contributed by atoms with E-state index in [1.54, 1.807) is 12.1 Å². The summed E-state index contributed by atoms with van der Waals surface area (Å²) < 4.78 is 15.9. The van der Waals surface area contributed by atoms with E-state index in [2.05, 4.69) is 11.8 Å². The van der Waals surface area contributed by atoms with Crippen LogP contribution in [-0.4, -0.2) is 50.4 Å². The summed E-state index contributed by atoms with van der Waals surface area (Å²) in [4.78, 5) is 14.0. The molecule has 1 aromatic carbocycles. The highest BCUT2D eigenvalue weighted by Gasteiger charge is 2.27. The van der Waals surface area contributed by atoms with Gasteiger partial charge in [0.1, 0.15) is 12.4 Å². The fraction of sp³-hybridized carbons (Fsp3) is 0.562. The standard InChI is InChI=1S/C16H21NO4.H2S/c1-11-8-21-15-5-13(16(18)19-2)3-4-14(15)7-17(11)6-12-9-20-10-12;/h3-5,11-12H,6-10H2,1-2H3;1H2/t11-;/m0./s1. The quantitative estimate of drug-likeness (QED) is 0.793. The molecule has 1 aromatic rings. The van der Waals surface area contributed by atoms with E-state index in [0.29, 0.717) is 24.1 Å². The number of rotatable bonds is 3. The molecule has 0 radical (unpaired) electrons. The summed E-state index contributed by atoms with van der Waals surface area (Å²) in [6.07, 6.45) is 0. The number of nitrogens with zero attached hydrogens (tertiary/aromatic N) is 1. The molecule has 1 fully saturated rings. The van der Waals surface area contributed by atoms with Gasteiger partial charge in [0.05, 0.1) is 25.9 Å². The van der Waals surface area contributed by atoms with Crippen molar-refractivity contribution in [3.63, 3.8) is 0 Å². The van der Waals surface area contributed by atoms with Gasteiger partial charge in [0.15, 0.2) is 0 Å². The first kappa shape index (κ1) is 17.1. The lowest BCUT2D eigenvalue weighted by Gasteiger charge is -2.34. The van der Waals surface area contributed by atoms with Gasteiger partial charge in [-0.15, -0.1) is 0 Å². The molecule has 0 saturated carbocycles. The largest absolute Gasteiger partial charge is 0.492 e. The smallest absolute Gasteiger partial charge is 0.337 e. The Balaban J connectivity index is 0.00000176. The number of methoxy groups -OCH3 is 1. The van der Waals surface area contributed by atoms with Crippen molar-refractivity contribution in [1.29, 1.82) is 0 Å². The Kier molecular flexibility index (Phi) is 5.72. The molecule has 0 bridgehead atoms. The SMILES string of the molecule is COC(=O)c1ccc2c(c1)OC[C@H](C)N(CC1COC1)C2.S. The number of fused-ring (bicyclic) bond motifs is 1. The molecule has 1 saturated heterocycles. The number of esters is 1. The third-order valence-corrected chi connectivity index (χ3v) is 4.16. The Morgan fingerprint density at radius 3 is 2.77 bits per heavy atom. The van der Waals surface area contributed by atoms with Crippen molar-refractivity contribution in [3.05, 3.63) is 29.3 Å². The monoisotopic (exact) mass is 325 g/mol. The molecule has 6 heteroatoms. The third kappa shape index (κ3) is 3.56. The highest BCUT2D eigenvalue weighted by molar-refractivity contribution is 7.59. The van der Waals surface area contributed by atoms with Gasteiger partial charge in [-0.1, -0.05) is 6.07 Å². The van der Waals surface area contributed by atoms with Crippen LogP contribution in [0.25, 0.3) is 0 Å². The molecule has 2 heterocycles. The maximum Gasteiger partial charge on any atom is 0.337 e. The number of hydrogen-bond donors (Lipinski definition) is 0. The van der Waals surface area contributed by atoms with Crippen LogP contribution in [0.3, 0.4) is 0 Å². The molecular formula is C16H23NO4S. The van der Waals surface area contributed by atoms with Gasteiger partial charge in [-0.05, 0) is 19.1 Å². The molecule has 0 aliphatic carbocycles. The van der Waals surface area contributed by atoms with E-state index < -0.39 is 0 Å². The Hall–Kier alpha value is -1.24. The molecule has 1 atom stereocenters. The number of benzene rings is 1. The van der Waals surface area contributed by atoms with E-state index in [-0.39, 0.29) is 19.5 Å².